The third-order valence-electron chi connectivity index (χ3n) is 2.84. The molecule has 0 amide bonds. The molecular weight excluding hydrogens is 267 g/mol. The molecule has 0 aliphatic rings. The van der Waals surface area contributed by atoms with Crippen LogP contribution in [0.4, 0.5) is 13.2 Å². The van der Waals surface area contributed by atoms with Crippen molar-refractivity contribution >= 4 is 0 Å². The van der Waals surface area contributed by atoms with Crippen molar-refractivity contribution in [2.24, 2.45) is 5.73 Å². The van der Waals surface area contributed by atoms with Gasteiger partial charge in [0, 0.05) is 5.56 Å². The summed E-state index contributed by atoms with van der Waals surface area (Å²) in [5.74, 6) is -2.49. The van der Waals surface area contributed by atoms with Crippen LogP contribution in [0.15, 0.2) is 36.4 Å². The molecule has 0 spiro atoms. The summed E-state index contributed by atoms with van der Waals surface area (Å²) in [4.78, 5) is 0. The molecule has 0 radical (unpaired) electrons. The molecule has 20 heavy (non-hydrogen) atoms. The van der Waals surface area contributed by atoms with E-state index in [4.69, 9.17) is 10.5 Å². The Balaban J connectivity index is 2.09. The average Bonchev–Trinajstić information content (AvgIpc) is 2.42. The topological polar surface area (TPSA) is 35.2 Å². The minimum atomic E-state index is -0.979. The Morgan fingerprint density at radius 2 is 1.80 bits per heavy atom. The first-order chi connectivity index (χ1) is 9.61. The minimum Gasteiger partial charge on any atom is -0.486 e. The lowest BCUT2D eigenvalue weighted by atomic mass is 10.1. The monoisotopic (exact) mass is 281 g/mol. The molecule has 5 heteroatoms. The average molecular weight is 281 g/mol. The van der Waals surface area contributed by atoms with Gasteiger partial charge in [-0.15, -0.1) is 0 Å². The molecule has 2 nitrogen and oxygen atoms in total. The number of halogens is 3. The van der Waals surface area contributed by atoms with Crippen LogP contribution in [0, 0.1) is 17.5 Å². The molecule has 0 saturated carbocycles. The molecule has 106 valence electrons. The van der Waals surface area contributed by atoms with Gasteiger partial charge in [-0.3, -0.25) is 0 Å². The van der Waals surface area contributed by atoms with Gasteiger partial charge < -0.3 is 10.5 Å². The third-order valence-corrected chi connectivity index (χ3v) is 2.84. The van der Waals surface area contributed by atoms with Gasteiger partial charge in [0.15, 0.2) is 23.2 Å². The molecular formula is C15H14F3NO. The first kappa shape index (κ1) is 14.4. The van der Waals surface area contributed by atoms with E-state index in [1.807, 2.05) is 0 Å². The van der Waals surface area contributed by atoms with Crippen molar-refractivity contribution in [1.82, 2.24) is 0 Å². The lowest BCUT2D eigenvalue weighted by molar-refractivity contribution is 0.282. The van der Waals surface area contributed by atoms with Crippen molar-refractivity contribution in [1.29, 1.82) is 0 Å². The van der Waals surface area contributed by atoms with Crippen LogP contribution in [-0.4, -0.2) is 6.54 Å². The second-order valence-corrected chi connectivity index (χ2v) is 4.31. The Labute approximate surface area is 115 Å². The van der Waals surface area contributed by atoms with Crippen LogP contribution in [0.5, 0.6) is 5.75 Å². The molecule has 0 unspecified atom stereocenters. The number of hydrogen-bond donors (Lipinski definition) is 1. The molecule has 0 bridgehead atoms. The second-order valence-electron chi connectivity index (χ2n) is 4.31. The minimum absolute atomic E-state index is 0.00515. The first-order valence-electron chi connectivity index (χ1n) is 6.16. The number of hydrogen-bond acceptors (Lipinski definition) is 2. The fourth-order valence-corrected chi connectivity index (χ4v) is 1.80. The smallest absolute Gasteiger partial charge is 0.165 e. The van der Waals surface area contributed by atoms with E-state index in [0.717, 1.165) is 11.6 Å². The summed E-state index contributed by atoms with van der Waals surface area (Å²) in [6.45, 7) is 0.185. The van der Waals surface area contributed by atoms with Crippen molar-refractivity contribution in [3.8, 4) is 5.75 Å². The maximum Gasteiger partial charge on any atom is 0.165 e. The molecule has 2 aromatic rings. The van der Waals surface area contributed by atoms with E-state index in [2.05, 4.69) is 0 Å². The summed E-state index contributed by atoms with van der Waals surface area (Å²) in [7, 11) is 0. The summed E-state index contributed by atoms with van der Waals surface area (Å²) in [6.07, 6.45) is 0.565. The van der Waals surface area contributed by atoms with Gasteiger partial charge in [-0.25, -0.2) is 13.2 Å². The van der Waals surface area contributed by atoms with E-state index in [0.29, 0.717) is 13.0 Å². The molecule has 0 atom stereocenters. The van der Waals surface area contributed by atoms with Crippen molar-refractivity contribution in [3.05, 3.63) is 65.0 Å². The van der Waals surface area contributed by atoms with Gasteiger partial charge in [0.05, 0.1) is 0 Å². The number of rotatable bonds is 5. The predicted molar refractivity (Wildman–Crippen MR) is 69.8 cm³/mol. The zero-order chi connectivity index (χ0) is 14.5. The third kappa shape index (κ3) is 3.30. The first-order valence-corrected chi connectivity index (χ1v) is 6.16. The molecule has 0 saturated heterocycles. The summed E-state index contributed by atoms with van der Waals surface area (Å²) in [5.41, 5.74) is 6.18. The Morgan fingerprint density at radius 3 is 2.50 bits per heavy atom. The van der Waals surface area contributed by atoms with Crippen LogP contribution in [0.1, 0.15) is 11.1 Å². The van der Waals surface area contributed by atoms with Crippen LogP contribution < -0.4 is 10.5 Å². The van der Waals surface area contributed by atoms with Gasteiger partial charge in [0.1, 0.15) is 6.61 Å². The Bertz CT molecular complexity index is 602. The zero-order valence-corrected chi connectivity index (χ0v) is 10.7. The highest BCUT2D eigenvalue weighted by Gasteiger charge is 2.10. The highest BCUT2D eigenvalue weighted by molar-refractivity contribution is 5.30. The van der Waals surface area contributed by atoms with E-state index in [1.54, 1.807) is 6.07 Å². The summed E-state index contributed by atoms with van der Waals surface area (Å²) in [6, 6.07) is 8.24. The number of ether oxygens (including phenoxy) is 1. The van der Waals surface area contributed by atoms with Crippen molar-refractivity contribution < 1.29 is 17.9 Å². The fraction of sp³-hybridized carbons (Fsp3) is 0.200. The zero-order valence-electron chi connectivity index (χ0n) is 10.7. The van der Waals surface area contributed by atoms with Gasteiger partial charge in [0.2, 0.25) is 0 Å². The maximum atomic E-state index is 13.7. The van der Waals surface area contributed by atoms with Crippen molar-refractivity contribution in [2.45, 2.75) is 13.0 Å². The highest BCUT2D eigenvalue weighted by atomic mass is 19.2. The van der Waals surface area contributed by atoms with E-state index in [-0.39, 0.29) is 17.9 Å². The van der Waals surface area contributed by atoms with Gasteiger partial charge in [-0.1, -0.05) is 18.2 Å². The Kier molecular flexibility index (Phi) is 4.63. The van der Waals surface area contributed by atoms with E-state index in [1.165, 1.54) is 24.3 Å². The van der Waals surface area contributed by atoms with E-state index < -0.39 is 17.5 Å². The van der Waals surface area contributed by atoms with Crippen LogP contribution in [-0.2, 0) is 13.0 Å². The highest BCUT2D eigenvalue weighted by Crippen LogP contribution is 2.21. The Morgan fingerprint density at radius 1 is 1.00 bits per heavy atom. The molecule has 0 fully saturated rings. The van der Waals surface area contributed by atoms with Crippen molar-refractivity contribution in [2.75, 3.05) is 6.54 Å². The standard InChI is InChI=1S/C15H14F3NO/c16-12-3-1-2-11(15(12)18)9-20-14-5-4-10(6-7-19)8-13(14)17/h1-5,8H,6-7,9,19H2. The molecule has 2 aromatic carbocycles. The molecule has 2 N–H and O–H groups in total. The van der Waals surface area contributed by atoms with Crippen molar-refractivity contribution in [3.63, 3.8) is 0 Å². The number of nitrogens with two attached hydrogens (primary N) is 1. The SMILES string of the molecule is NCCc1ccc(OCc2cccc(F)c2F)c(F)c1. The van der Waals surface area contributed by atoms with Crippen LogP contribution in [0.3, 0.4) is 0 Å². The molecule has 0 heterocycles. The van der Waals surface area contributed by atoms with Crippen LogP contribution in [0.2, 0.25) is 0 Å². The van der Waals surface area contributed by atoms with Gasteiger partial charge in [-0.05, 0) is 36.7 Å². The summed E-state index contributed by atoms with van der Waals surface area (Å²) in [5, 5.41) is 0. The van der Waals surface area contributed by atoms with E-state index in [9.17, 15) is 13.2 Å². The largest absolute Gasteiger partial charge is 0.486 e. The van der Waals surface area contributed by atoms with Gasteiger partial charge in [-0.2, -0.15) is 0 Å². The maximum absolute atomic E-state index is 13.7. The van der Waals surface area contributed by atoms with Gasteiger partial charge >= 0.3 is 0 Å². The Hall–Kier alpha value is -2.01. The predicted octanol–water partition coefficient (Wildman–Crippen LogP) is 3.18. The van der Waals surface area contributed by atoms with Gasteiger partial charge in [0.25, 0.3) is 0 Å². The van der Waals surface area contributed by atoms with Crippen LogP contribution in [0.25, 0.3) is 0 Å². The molecule has 0 aliphatic carbocycles. The second kappa shape index (κ2) is 6.43. The van der Waals surface area contributed by atoms with E-state index >= 15 is 0 Å². The van der Waals surface area contributed by atoms with Crippen LogP contribution >= 0.6 is 0 Å². The summed E-state index contributed by atoms with van der Waals surface area (Å²) < 4.78 is 45.3. The lowest BCUT2D eigenvalue weighted by Crippen LogP contribution is -2.04. The molecule has 2 rings (SSSR count). The molecule has 0 aliphatic heterocycles. The fourth-order valence-electron chi connectivity index (χ4n) is 1.80. The normalized spacial score (nSPS) is 10.6. The molecule has 0 aromatic heterocycles. The number of benzene rings is 2. The summed E-state index contributed by atoms with van der Waals surface area (Å²) >= 11 is 0. The lowest BCUT2D eigenvalue weighted by Gasteiger charge is -2.09. The quantitative estimate of drug-likeness (QED) is 0.913.